The summed E-state index contributed by atoms with van der Waals surface area (Å²) < 4.78 is 1.28. The van der Waals surface area contributed by atoms with Crippen LogP contribution in [0.4, 0.5) is 0 Å². The molecule has 0 saturated heterocycles. The molecular formula is C12H15ClIN. The molecule has 2 unspecified atom stereocenters. The second-order valence-corrected chi connectivity index (χ2v) is 5.19. The van der Waals surface area contributed by atoms with Crippen molar-refractivity contribution in [2.45, 2.75) is 19.4 Å². The Morgan fingerprint density at radius 2 is 1.93 bits per heavy atom. The van der Waals surface area contributed by atoms with Crippen molar-refractivity contribution in [3.63, 3.8) is 0 Å². The highest BCUT2D eigenvalue weighted by Crippen LogP contribution is 2.35. The van der Waals surface area contributed by atoms with Gasteiger partial charge in [0.2, 0.25) is 0 Å². The van der Waals surface area contributed by atoms with Crippen LogP contribution in [0.5, 0.6) is 0 Å². The summed E-state index contributed by atoms with van der Waals surface area (Å²) in [5.74, 6) is 0.634. The van der Waals surface area contributed by atoms with Crippen LogP contribution in [0.15, 0.2) is 29.8 Å². The van der Waals surface area contributed by atoms with Crippen LogP contribution in [-0.4, -0.2) is 6.04 Å². The fourth-order valence-corrected chi connectivity index (χ4v) is 2.03. The summed E-state index contributed by atoms with van der Waals surface area (Å²) in [7, 11) is 0. The van der Waals surface area contributed by atoms with Gasteiger partial charge in [0.1, 0.15) is 0 Å². The fraction of sp³-hybridized carbons (Fsp3) is 0.333. The molecule has 0 radical (unpaired) electrons. The first-order valence-electron chi connectivity index (χ1n) is 4.86. The van der Waals surface area contributed by atoms with E-state index in [9.17, 15) is 0 Å². The van der Waals surface area contributed by atoms with E-state index in [0.717, 1.165) is 6.42 Å². The van der Waals surface area contributed by atoms with Gasteiger partial charge in [0, 0.05) is 9.61 Å². The highest BCUT2D eigenvalue weighted by molar-refractivity contribution is 14.1. The summed E-state index contributed by atoms with van der Waals surface area (Å²) >= 11 is 2.32. The monoisotopic (exact) mass is 335 g/mol. The van der Waals surface area contributed by atoms with Gasteiger partial charge in [0.15, 0.2) is 0 Å². The van der Waals surface area contributed by atoms with E-state index in [1.165, 1.54) is 14.7 Å². The summed E-state index contributed by atoms with van der Waals surface area (Å²) in [6.07, 6.45) is 3.40. The minimum atomic E-state index is 0. The van der Waals surface area contributed by atoms with Crippen molar-refractivity contribution in [1.29, 1.82) is 0 Å². The highest BCUT2D eigenvalue weighted by atomic mass is 127. The predicted molar refractivity (Wildman–Crippen MR) is 76.1 cm³/mol. The van der Waals surface area contributed by atoms with Gasteiger partial charge >= 0.3 is 0 Å². The molecule has 1 aliphatic carbocycles. The Hall–Kier alpha value is -0.0600. The molecule has 0 aromatic heterocycles. The molecular weight excluding hydrogens is 320 g/mol. The molecule has 1 fully saturated rings. The average Bonchev–Trinajstić information content (AvgIpc) is 2.87. The van der Waals surface area contributed by atoms with E-state index in [-0.39, 0.29) is 12.4 Å². The SMILES string of the molecule is C/C(=C\c1ccc(I)cc1)C1CC1N.Cl. The molecule has 1 aromatic carbocycles. The van der Waals surface area contributed by atoms with Crippen LogP contribution in [0, 0.1) is 9.49 Å². The number of rotatable bonds is 2. The average molecular weight is 336 g/mol. The molecule has 2 atom stereocenters. The third kappa shape index (κ3) is 3.47. The zero-order chi connectivity index (χ0) is 10.1. The molecule has 3 heteroatoms. The molecule has 15 heavy (non-hydrogen) atoms. The third-order valence-electron chi connectivity index (χ3n) is 2.69. The summed E-state index contributed by atoms with van der Waals surface area (Å²) in [4.78, 5) is 0. The van der Waals surface area contributed by atoms with Gasteiger partial charge in [0.25, 0.3) is 0 Å². The Morgan fingerprint density at radius 3 is 2.40 bits per heavy atom. The lowest BCUT2D eigenvalue weighted by atomic mass is 10.1. The topological polar surface area (TPSA) is 26.0 Å². The Kier molecular flexibility index (Phi) is 4.62. The lowest BCUT2D eigenvalue weighted by Crippen LogP contribution is -2.02. The molecule has 2 N–H and O–H groups in total. The van der Waals surface area contributed by atoms with E-state index in [1.54, 1.807) is 0 Å². The Balaban J connectivity index is 0.00000112. The Morgan fingerprint density at radius 1 is 1.40 bits per heavy atom. The second kappa shape index (κ2) is 5.32. The number of benzene rings is 1. The van der Waals surface area contributed by atoms with Crippen molar-refractivity contribution < 1.29 is 0 Å². The zero-order valence-corrected chi connectivity index (χ0v) is 11.6. The number of halogens is 2. The molecule has 2 rings (SSSR count). The summed E-state index contributed by atoms with van der Waals surface area (Å²) in [6.45, 7) is 2.18. The summed E-state index contributed by atoms with van der Waals surface area (Å²) in [6, 6.07) is 8.98. The quantitative estimate of drug-likeness (QED) is 0.823. The molecule has 1 saturated carbocycles. The Labute approximate surface area is 111 Å². The van der Waals surface area contributed by atoms with Crippen molar-refractivity contribution in [3.05, 3.63) is 39.0 Å². The van der Waals surface area contributed by atoms with E-state index in [0.29, 0.717) is 12.0 Å². The molecule has 1 aliphatic rings. The highest BCUT2D eigenvalue weighted by Gasteiger charge is 2.34. The summed E-state index contributed by atoms with van der Waals surface area (Å²) in [5.41, 5.74) is 8.50. The van der Waals surface area contributed by atoms with E-state index in [1.807, 2.05) is 0 Å². The minimum Gasteiger partial charge on any atom is -0.327 e. The number of nitrogens with two attached hydrogens (primary N) is 1. The fourth-order valence-electron chi connectivity index (χ4n) is 1.67. The maximum absolute atomic E-state index is 5.80. The number of hydrogen-bond acceptors (Lipinski definition) is 1. The van der Waals surface area contributed by atoms with E-state index in [2.05, 4.69) is 59.9 Å². The van der Waals surface area contributed by atoms with E-state index >= 15 is 0 Å². The van der Waals surface area contributed by atoms with Gasteiger partial charge in [-0.3, -0.25) is 0 Å². The molecule has 0 amide bonds. The first-order valence-corrected chi connectivity index (χ1v) is 5.94. The minimum absolute atomic E-state index is 0. The maximum Gasteiger partial charge on any atom is 0.0130 e. The lowest BCUT2D eigenvalue weighted by molar-refractivity contribution is 0.924. The van der Waals surface area contributed by atoms with Crippen molar-refractivity contribution in [2.75, 3.05) is 0 Å². The molecule has 0 bridgehead atoms. The van der Waals surface area contributed by atoms with Gasteiger partial charge < -0.3 is 5.73 Å². The van der Waals surface area contributed by atoms with Crippen molar-refractivity contribution in [3.8, 4) is 0 Å². The zero-order valence-electron chi connectivity index (χ0n) is 8.61. The molecule has 1 aromatic rings. The van der Waals surface area contributed by atoms with Gasteiger partial charge in [0.05, 0.1) is 0 Å². The summed E-state index contributed by atoms with van der Waals surface area (Å²) in [5, 5.41) is 0. The van der Waals surface area contributed by atoms with Gasteiger partial charge in [-0.15, -0.1) is 12.4 Å². The molecule has 0 spiro atoms. The van der Waals surface area contributed by atoms with Crippen LogP contribution in [0.25, 0.3) is 6.08 Å². The molecule has 82 valence electrons. The second-order valence-electron chi connectivity index (χ2n) is 3.95. The predicted octanol–water partition coefficient (Wildman–Crippen LogP) is 3.46. The first kappa shape index (κ1) is 13.0. The molecule has 1 nitrogen and oxygen atoms in total. The Bertz CT molecular complexity index is 358. The van der Waals surface area contributed by atoms with Crippen molar-refractivity contribution in [2.24, 2.45) is 11.7 Å². The lowest BCUT2D eigenvalue weighted by Gasteiger charge is -1.99. The van der Waals surface area contributed by atoms with E-state index < -0.39 is 0 Å². The van der Waals surface area contributed by atoms with Crippen molar-refractivity contribution >= 4 is 41.1 Å². The van der Waals surface area contributed by atoms with Crippen LogP contribution in [0.3, 0.4) is 0 Å². The van der Waals surface area contributed by atoms with E-state index in [4.69, 9.17) is 5.73 Å². The van der Waals surface area contributed by atoms with Crippen LogP contribution >= 0.6 is 35.0 Å². The van der Waals surface area contributed by atoms with Crippen LogP contribution in [0.2, 0.25) is 0 Å². The van der Waals surface area contributed by atoms with Crippen molar-refractivity contribution in [1.82, 2.24) is 0 Å². The van der Waals surface area contributed by atoms with Gasteiger partial charge in [-0.1, -0.05) is 23.8 Å². The van der Waals surface area contributed by atoms with Gasteiger partial charge in [-0.2, -0.15) is 0 Å². The first-order chi connectivity index (χ1) is 6.66. The normalized spacial score (nSPS) is 24.6. The molecule has 0 heterocycles. The number of hydrogen-bond donors (Lipinski definition) is 1. The van der Waals surface area contributed by atoms with Gasteiger partial charge in [-0.05, 0) is 59.5 Å². The smallest absolute Gasteiger partial charge is 0.0130 e. The third-order valence-corrected chi connectivity index (χ3v) is 3.41. The maximum atomic E-state index is 5.80. The van der Waals surface area contributed by atoms with Gasteiger partial charge in [-0.25, -0.2) is 0 Å². The van der Waals surface area contributed by atoms with Crippen LogP contribution < -0.4 is 5.73 Å². The van der Waals surface area contributed by atoms with Crippen LogP contribution in [-0.2, 0) is 0 Å². The standard InChI is InChI=1S/C12H14IN.ClH/c1-8(11-7-12(11)14)6-9-2-4-10(13)5-3-9;/h2-6,11-12H,7,14H2,1H3;1H/b8-6+;. The largest absolute Gasteiger partial charge is 0.327 e. The molecule has 0 aliphatic heterocycles. The van der Waals surface area contributed by atoms with Crippen LogP contribution in [0.1, 0.15) is 18.9 Å².